The summed E-state index contributed by atoms with van der Waals surface area (Å²) in [5.41, 5.74) is 0. The number of likely N-dealkylation sites (N-methyl/N-ethyl adjacent to an activating group) is 1. The van der Waals surface area contributed by atoms with Gasteiger partial charge in [-0.25, -0.2) is 0 Å². The highest BCUT2D eigenvalue weighted by Crippen LogP contribution is 2.21. The molecule has 3 nitrogen and oxygen atoms in total. The maximum absolute atomic E-state index is 10.7. The Balaban J connectivity index is 2.44. The quantitative estimate of drug-likeness (QED) is 0.750. The highest BCUT2D eigenvalue weighted by atomic mass is 32.2. The standard InChI is InChI=1S/C9H17NO2S/c1-7(9(11)12)10(2)8-4-3-5-13-6-8/h7-8H,3-6H2,1-2H3,(H,11,12). The molecule has 1 rings (SSSR count). The van der Waals surface area contributed by atoms with Gasteiger partial charge in [-0.15, -0.1) is 0 Å². The van der Waals surface area contributed by atoms with E-state index in [1.165, 1.54) is 12.2 Å². The van der Waals surface area contributed by atoms with E-state index in [-0.39, 0.29) is 6.04 Å². The van der Waals surface area contributed by atoms with Crippen molar-refractivity contribution in [2.24, 2.45) is 0 Å². The first-order valence-electron chi connectivity index (χ1n) is 4.65. The lowest BCUT2D eigenvalue weighted by Crippen LogP contribution is -2.45. The predicted octanol–water partition coefficient (Wildman–Crippen LogP) is 1.29. The van der Waals surface area contributed by atoms with E-state index >= 15 is 0 Å². The van der Waals surface area contributed by atoms with Gasteiger partial charge in [0.25, 0.3) is 0 Å². The Kier molecular flexibility index (Phi) is 4.06. The number of aliphatic carboxylic acids is 1. The second kappa shape index (κ2) is 4.86. The molecule has 4 heteroatoms. The van der Waals surface area contributed by atoms with Gasteiger partial charge in [-0.3, -0.25) is 9.69 Å². The van der Waals surface area contributed by atoms with Gasteiger partial charge in [0.15, 0.2) is 0 Å². The van der Waals surface area contributed by atoms with Crippen molar-refractivity contribution in [1.29, 1.82) is 0 Å². The van der Waals surface area contributed by atoms with E-state index in [0.717, 1.165) is 12.2 Å². The van der Waals surface area contributed by atoms with Gasteiger partial charge in [0, 0.05) is 11.8 Å². The summed E-state index contributed by atoms with van der Waals surface area (Å²) in [6.07, 6.45) is 2.35. The van der Waals surface area contributed by atoms with E-state index in [2.05, 4.69) is 0 Å². The van der Waals surface area contributed by atoms with E-state index in [4.69, 9.17) is 5.11 Å². The summed E-state index contributed by atoms with van der Waals surface area (Å²) >= 11 is 1.93. The molecule has 1 aliphatic rings. The molecule has 1 saturated heterocycles. The average molecular weight is 203 g/mol. The second-order valence-corrected chi connectivity index (χ2v) is 4.70. The molecular formula is C9H17NO2S. The molecule has 0 spiro atoms. The summed E-state index contributed by atoms with van der Waals surface area (Å²) in [7, 11) is 1.91. The molecule has 0 aromatic carbocycles. The minimum absolute atomic E-state index is 0.358. The van der Waals surface area contributed by atoms with E-state index in [1.54, 1.807) is 6.92 Å². The number of rotatable bonds is 3. The Morgan fingerprint density at radius 2 is 2.38 bits per heavy atom. The van der Waals surface area contributed by atoms with Crippen molar-refractivity contribution < 1.29 is 9.90 Å². The number of nitrogens with zero attached hydrogens (tertiary/aromatic N) is 1. The monoisotopic (exact) mass is 203 g/mol. The maximum atomic E-state index is 10.7. The molecule has 0 aliphatic carbocycles. The minimum Gasteiger partial charge on any atom is -0.480 e. The summed E-state index contributed by atoms with van der Waals surface area (Å²) in [4.78, 5) is 12.7. The topological polar surface area (TPSA) is 40.5 Å². The largest absolute Gasteiger partial charge is 0.480 e. The number of hydrogen-bond donors (Lipinski definition) is 1. The zero-order valence-electron chi connectivity index (χ0n) is 8.19. The summed E-state index contributed by atoms with van der Waals surface area (Å²) in [6, 6.07) is 0.0912. The fourth-order valence-electron chi connectivity index (χ4n) is 1.54. The van der Waals surface area contributed by atoms with Crippen molar-refractivity contribution in [2.45, 2.75) is 31.8 Å². The number of carboxylic acid groups (broad SMARTS) is 1. The van der Waals surface area contributed by atoms with Crippen molar-refractivity contribution in [1.82, 2.24) is 4.90 Å². The minimum atomic E-state index is -0.724. The van der Waals surface area contributed by atoms with Crippen LogP contribution in [0.2, 0.25) is 0 Å². The van der Waals surface area contributed by atoms with Gasteiger partial charge in [-0.1, -0.05) is 0 Å². The van der Waals surface area contributed by atoms with Gasteiger partial charge in [-0.05, 0) is 32.6 Å². The first kappa shape index (κ1) is 10.9. The van der Waals surface area contributed by atoms with E-state index in [1.807, 2.05) is 23.7 Å². The van der Waals surface area contributed by atoms with Crippen LogP contribution in [0.3, 0.4) is 0 Å². The molecular weight excluding hydrogens is 186 g/mol. The number of carboxylic acids is 1. The highest BCUT2D eigenvalue weighted by molar-refractivity contribution is 7.99. The van der Waals surface area contributed by atoms with E-state index < -0.39 is 5.97 Å². The predicted molar refractivity (Wildman–Crippen MR) is 55.2 cm³/mol. The van der Waals surface area contributed by atoms with Crippen LogP contribution in [0.5, 0.6) is 0 Å². The maximum Gasteiger partial charge on any atom is 0.320 e. The molecule has 0 radical (unpaired) electrons. The number of hydrogen-bond acceptors (Lipinski definition) is 3. The van der Waals surface area contributed by atoms with Gasteiger partial charge < -0.3 is 5.11 Å². The van der Waals surface area contributed by atoms with Crippen LogP contribution < -0.4 is 0 Å². The third-order valence-corrected chi connectivity index (χ3v) is 3.88. The molecule has 2 atom stereocenters. The molecule has 0 bridgehead atoms. The Labute approximate surface area is 83.5 Å². The molecule has 1 aliphatic heterocycles. The van der Waals surface area contributed by atoms with Crippen LogP contribution in [-0.4, -0.2) is 46.6 Å². The van der Waals surface area contributed by atoms with Gasteiger partial charge >= 0.3 is 5.97 Å². The van der Waals surface area contributed by atoms with Gasteiger partial charge in [0.05, 0.1) is 0 Å². The van der Waals surface area contributed by atoms with Crippen molar-refractivity contribution in [2.75, 3.05) is 18.6 Å². The van der Waals surface area contributed by atoms with E-state index in [9.17, 15) is 4.79 Å². The van der Waals surface area contributed by atoms with Crippen LogP contribution in [0.25, 0.3) is 0 Å². The Morgan fingerprint density at radius 1 is 1.69 bits per heavy atom. The normalized spacial score (nSPS) is 25.9. The molecule has 0 saturated carbocycles. The molecule has 0 amide bonds. The number of thioether (sulfide) groups is 1. The number of carbonyl (C=O) groups is 1. The van der Waals surface area contributed by atoms with Gasteiger partial charge in [0.1, 0.15) is 6.04 Å². The summed E-state index contributed by atoms with van der Waals surface area (Å²) in [5.74, 6) is 1.58. The molecule has 1 fully saturated rings. The molecule has 2 unspecified atom stereocenters. The lowest BCUT2D eigenvalue weighted by atomic mass is 10.1. The van der Waals surface area contributed by atoms with Crippen LogP contribution in [0.15, 0.2) is 0 Å². The van der Waals surface area contributed by atoms with Crippen LogP contribution in [0, 0.1) is 0 Å². The van der Waals surface area contributed by atoms with Gasteiger partial charge in [-0.2, -0.15) is 11.8 Å². The fraction of sp³-hybridized carbons (Fsp3) is 0.889. The summed E-state index contributed by atoms with van der Waals surface area (Å²) in [6.45, 7) is 1.75. The zero-order valence-corrected chi connectivity index (χ0v) is 9.01. The third kappa shape index (κ3) is 2.88. The first-order chi connectivity index (χ1) is 6.13. The molecule has 13 heavy (non-hydrogen) atoms. The molecule has 76 valence electrons. The van der Waals surface area contributed by atoms with Crippen LogP contribution in [0.4, 0.5) is 0 Å². The lowest BCUT2D eigenvalue weighted by molar-refractivity contribution is -0.142. The van der Waals surface area contributed by atoms with E-state index in [0.29, 0.717) is 6.04 Å². The average Bonchev–Trinajstić information content (AvgIpc) is 2.17. The molecule has 1 heterocycles. The Bertz CT molecular complexity index is 180. The van der Waals surface area contributed by atoms with Crippen LogP contribution in [-0.2, 0) is 4.79 Å². The lowest BCUT2D eigenvalue weighted by Gasteiger charge is -2.33. The van der Waals surface area contributed by atoms with Crippen molar-refractivity contribution in [3.63, 3.8) is 0 Å². The second-order valence-electron chi connectivity index (χ2n) is 3.55. The molecule has 0 aromatic rings. The smallest absolute Gasteiger partial charge is 0.320 e. The van der Waals surface area contributed by atoms with Crippen LogP contribution >= 0.6 is 11.8 Å². The molecule has 0 aromatic heterocycles. The fourth-order valence-corrected chi connectivity index (χ4v) is 2.75. The third-order valence-electron chi connectivity index (χ3n) is 2.68. The van der Waals surface area contributed by atoms with Crippen LogP contribution in [0.1, 0.15) is 19.8 Å². The van der Waals surface area contributed by atoms with Crippen molar-refractivity contribution in [3.8, 4) is 0 Å². The Morgan fingerprint density at radius 3 is 2.85 bits per heavy atom. The summed E-state index contributed by atoms with van der Waals surface area (Å²) < 4.78 is 0. The molecule has 1 N–H and O–H groups in total. The SMILES string of the molecule is CC(C(=O)O)N(C)C1CCCSC1. The van der Waals surface area contributed by atoms with Crippen molar-refractivity contribution in [3.05, 3.63) is 0 Å². The van der Waals surface area contributed by atoms with Crippen molar-refractivity contribution >= 4 is 17.7 Å². The highest BCUT2D eigenvalue weighted by Gasteiger charge is 2.25. The summed E-state index contributed by atoms with van der Waals surface area (Å²) in [5, 5.41) is 8.83. The zero-order chi connectivity index (χ0) is 9.84. The van der Waals surface area contributed by atoms with Gasteiger partial charge in [0.2, 0.25) is 0 Å². The first-order valence-corrected chi connectivity index (χ1v) is 5.81. The Hall–Kier alpha value is -0.220.